The molecule has 4 heteroatoms. The van der Waals surface area contributed by atoms with Crippen molar-refractivity contribution in [2.45, 2.75) is 19.5 Å². The van der Waals surface area contributed by atoms with Crippen LogP contribution in [0.25, 0.3) is 0 Å². The Kier molecular flexibility index (Phi) is 3.72. The van der Waals surface area contributed by atoms with Crippen LogP contribution in [-0.2, 0) is 19.5 Å². The summed E-state index contributed by atoms with van der Waals surface area (Å²) >= 11 is 1.84. The van der Waals surface area contributed by atoms with Crippen molar-refractivity contribution in [2.75, 3.05) is 18.5 Å². The largest absolute Gasteiger partial charge is 0.366 e. The minimum atomic E-state index is 0.774. The summed E-state index contributed by atoms with van der Waals surface area (Å²) in [6.07, 6.45) is 1.08. The number of benzene rings is 1. The molecular formula is C16H17N3S. The molecule has 0 aliphatic carbocycles. The lowest BCUT2D eigenvalue weighted by atomic mass is 10.0. The average Bonchev–Trinajstić information content (AvgIpc) is 2.95. The number of hydrogen-bond donors (Lipinski definition) is 1. The van der Waals surface area contributed by atoms with E-state index in [9.17, 15) is 5.26 Å². The molecule has 2 aromatic rings. The molecule has 1 N–H and O–H groups in total. The fraction of sp³-hybridized carbons (Fsp3) is 0.312. The molecule has 2 heterocycles. The SMILES string of the molecule is CNCc1ccc(N2CCc3sccc3C2)c(C#N)c1. The van der Waals surface area contributed by atoms with Crippen LogP contribution in [0, 0.1) is 11.3 Å². The summed E-state index contributed by atoms with van der Waals surface area (Å²) < 4.78 is 0. The fourth-order valence-corrected chi connectivity index (χ4v) is 3.61. The Bertz CT molecular complexity index is 654. The van der Waals surface area contributed by atoms with E-state index in [0.29, 0.717) is 0 Å². The van der Waals surface area contributed by atoms with Crippen LogP contribution in [0.5, 0.6) is 0 Å². The zero-order chi connectivity index (χ0) is 13.9. The first-order valence-corrected chi connectivity index (χ1v) is 7.67. The molecule has 1 aliphatic rings. The number of anilines is 1. The number of rotatable bonds is 3. The molecule has 0 spiro atoms. The molecule has 0 saturated carbocycles. The van der Waals surface area contributed by atoms with Crippen LogP contribution >= 0.6 is 11.3 Å². The Hall–Kier alpha value is -1.83. The van der Waals surface area contributed by atoms with Crippen LogP contribution in [-0.4, -0.2) is 13.6 Å². The summed E-state index contributed by atoms with van der Waals surface area (Å²) in [6, 6.07) is 10.7. The van der Waals surface area contributed by atoms with Crippen molar-refractivity contribution < 1.29 is 0 Å². The van der Waals surface area contributed by atoms with Crippen LogP contribution < -0.4 is 10.2 Å². The van der Waals surface area contributed by atoms with Crippen molar-refractivity contribution in [1.82, 2.24) is 5.32 Å². The topological polar surface area (TPSA) is 39.1 Å². The zero-order valence-electron chi connectivity index (χ0n) is 11.5. The molecule has 20 heavy (non-hydrogen) atoms. The number of fused-ring (bicyclic) bond motifs is 1. The lowest BCUT2D eigenvalue weighted by Gasteiger charge is -2.30. The molecule has 0 atom stereocenters. The van der Waals surface area contributed by atoms with E-state index in [2.05, 4.69) is 39.9 Å². The number of nitriles is 1. The Balaban J connectivity index is 1.89. The summed E-state index contributed by atoms with van der Waals surface area (Å²) in [5.41, 5.74) is 4.39. The maximum absolute atomic E-state index is 9.40. The van der Waals surface area contributed by atoms with E-state index in [-0.39, 0.29) is 0 Å². The first-order chi connectivity index (χ1) is 9.81. The first kappa shape index (κ1) is 13.2. The van der Waals surface area contributed by atoms with Crippen molar-refractivity contribution in [2.24, 2.45) is 0 Å². The lowest BCUT2D eigenvalue weighted by Crippen LogP contribution is -2.30. The van der Waals surface area contributed by atoms with Gasteiger partial charge in [-0.3, -0.25) is 0 Å². The summed E-state index contributed by atoms with van der Waals surface area (Å²) in [5, 5.41) is 14.7. The van der Waals surface area contributed by atoms with Crippen LogP contribution in [0.4, 0.5) is 5.69 Å². The van der Waals surface area contributed by atoms with Gasteiger partial charge in [-0.2, -0.15) is 5.26 Å². The number of hydrogen-bond acceptors (Lipinski definition) is 4. The van der Waals surface area contributed by atoms with E-state index in [1.807, 2.05) is 24.5 Å². The van der Waals surface area contributed by atoms with E-state index in [1.165, 1.54) is 10.4 Å². The zero-order valence-corrected chi connectivity index (χ0v) is 12.3. The van der Waals surface area contributed by atoms with Crippen LogP contribution in [0.2, 0.25) is 0 Å². The van der Waals surface area contributed by atoms with Gasteiger partial charge in [-0.15, -0.1) is 11.3 Å². The van der Waals surface area contributed by atoms with Crippen molar-refractivity contribution in [3.63, 3.8) is 0 Å². The predicted molar refractivity (Wildman–Crippen MR) is 83.0 cm³/mol. The smallest absolute Gasteiger partial charge is 0.101 e. The highest BCUT2D eigenvalue weighted by Crippen LogP contribution is 2.30. The van der Waals surface area contributed by atoms with Crippen molar-refractivity contribution in [3.05, 3.63) is 51.2 Å². The molecule has 1 aromatic carbocycles. The lowest BCUT2D eigenvalue weighted by molar-refractivity contribution is 0.742. The van der Waals surface area contributed by atoms with Crippen molar-refractivity contribution >= 4 is 17.0 Å². The van der Waals surface area contributed by atoms with Gasteiger partial charge in [0, 0.05) is 24.5 Å². The van der Waals surface area contributed by atoms with Gasteiger partial charge in [0.25, 0.3) is 0 Å². The predicted octanol–water partition coefficient (Wildman–Crippen LogP) is 2.90. The van der Waals surface area contributed by atoms with Gasteiger partial charge < -0.3 is 10.2 Å². The fourth-order valence-electron chi connectivity index (χ4n) is 2.72. The third kappa shape index (κ3) is 2.43. The summed E-state index contributed by atoms with van der Waals surface area (Å²) in [6.45, 7) is 2.70. The monoisotopic (exact) mass is 283 g/mol. The third-order valence-electron chi connectivity index (χ3n) is 3.71. The van der Waals surface area contributed by atoms with Gasteiger partial charge >= 0.3 is 0 Å². The average molecular weight is 283 g/mol. The summed E-state index contributed by atoms with van der Waals surface area (Å²) in [4.78, 5) is 3.81. The third-order valence-corrected chi connectivity index (χ3v) is 4.73. The molecule has 0 saturated heterocycles. The normalized spacial score (nSPS) is 13.9. The molecule has 3 nitrogen and oxygen atoms in total. The quantitative estimate of drug-likeness (QED) is 0.941. The standard InChI is InChI=1S/C16H17N3S/c1-18-10-12-2-3-15(14(8-12)9-17)19-6-4-16-13(11-19)5-7-20-16/h2-3,5,7-8,18H,4,6,10-11H2,1H3. The minimum absolute atomic E-state index is 0.774. The van der Waals surface area contributed by atoms with Crippen LogP contribution in [0.15, 0.2) is 29.6 Å². The molecule has 1 aromatic heterocycles. The highest BCUT2D eigenvalue weighted by Gasteiger charge is 2.19. The Morgan fingerprint density at radius 3 is 3.10 bits per heavy atom. The van der Waals surface area contributed by atoms with Crippen molar-refractivity contribution in [3.8, 4) is 6.07 Å². The first-order valence-electron chi connectivity index (χ1n) is 6.79. The van der Waals surface area contributed by atoms with Gasteiger partial charge in [-0.05, 0) is 48.2 Å². The van der Waals surface area contributed by atoms with E-state index in [0.717, 1.165) is 42.9 Å². The molecule has 3 rings (SSSR count). The highest BCUT2D eigenvalue weighted by atomic mass is 32.1. The Labute approximate surface area is 123 Å². The molecule has 0 fully saturated rings. The van der Waals surface area contributed by atoms with E-state index in [4.69, 9.17) is 0 Å². The van der Waals surface area contributed by atoms with Gasteiger partial charge in [-0.1, -0.05) is 6.07 Å². The summed E-state index contributed by atoms with van der Waals surface area (Å²) in [5.74, 6) is 0. The number of thiophene rings is 1. The molecule has 0 unspecified atom stereocenters. The van der Waals surface area contributed by atoms with Crippen LogP contribution in [0.1, 0.15) is 21.6 Å². The molecular weight excluding hydrogens is 266 g/mol. The Morgan fingerprint density at radius 2 is 2.30 bits per heavy atom. The van der Waals surface area contributed by atoms with Gasteiger partial charge in [0.05, 0.1) is 11.3 Å². The number of nitrogens with one attached hydrogen (secondary N) is 1. The van der Waals surface area contributed by atoms with E-state index >= 15 is 0 Å². The molecule has 0 amide bonds. The van der Waals surface area contributed by atoms with Crippen molar-refractivity contribution in [1.29, 1.82) is 5.26 Å². The minimum Gasteiger partial charge on any atom is -0.366 e. The molecule has 102 valence electrons. The van der Waals surface area contributed by atoms with Gasteiger partial charge in [0.15, 0.2) is 0 Å². The molecule has 0 bridgehead atoms. The van der Waals surface area contributed by atoms with Crippen LogP contribution in [0.3, 0.4) is 0 Å². The molecule has 1 aliphatic heterocycles. The van der Waals surface area contributed by atoms with Gasteiger partial charge in [-0.25, -0.2) is 0 Å². The maximum atomic E-state index is 9.40. The second-order valence-corrected chi connectivity index (χ2v) is 6.03. The van der Waals surface area contributed by atoms with Gasteiger partial charge in [0.2, 0.25) is 0 Å². The van der Waals surface area contributed by atoms with E-state index in [1.54, 1.807) is 0 Å². The highest BCUT2D eigenvalue weighted by molar-refractivity contribution is 7.10. The van der Waals surface area contributed by atoms with Gasteiger partial charge in [0.1, 0.15) is 6.07 Å². The maximum Gasteiger partial charge on any atom is 0.101 e. The second-order valence-electron chi connectivity index (χ2n) is 5.03. The summed E-state index contributed by atoms with van der Waals surface area (Å²) in [7, 11) is 1.92. The second kappa shape index (κ2) is 5.66. The Morgan fingerprint density at radius 1 is 1.40 bits per heavy atom. The number of nitrogens with zero attached hydrogens (tertiary/aromatic N) is 2. The molecule has 0 radical (unpaired) electrons. The van der Waals surface area contributed by atoms with E-state index < -0.39 is 0 Å².